The van der Waals surface area contributed by atoms with Crippen LogP contribution in [0.15, 0.2) is 91.0 Å². The molecule has 0 saturated carbocycles. The first-order valence-electron chi connectivity index (χ1n) is 12.5. The second-order valence-corrected chi connectivity index (χ2v) is 9.21. The predicted octanol–water partition coefficient (Wildman–Crippen LogP) is 5.59. The molecular weight excluding hydrogens is 422 g/mol. The Kier molecular flexibility index (Phi) is 9.28. The third-order valence-electron chi connectivity index (χ3n) is 6.61. The van der Waals surface area contributed by atoms with Crippen LogP contribution in [0.2, 0.25) is 0 Å². The van der Waals surface area contributed by atoms with Crippen molar-refractivity contribution in [1.82, 2.24) is 4.90 Å². The molecule has 0 aliphatic carbocycles. The molecule has 0 amide bonds. The van der Waals surface area contributed by atoms with Gasteiger partial charge in [0.05, 0.1) is 31.5 Å². The average molecular weight is 460 g/mol. The predicted molar refractivity (Wildman–Crippen MR) is 136 cm³/mol. The Balaban J connectivity index is 1.55. The number of hydrogen-bond acceptors (Lipinski definition) is 4. The number of aliphatic hydroxyl groups excluding tert-OH is 1. The third-order valence-corrected chi connectivity index (χ3v) is 6.61. The summed E-state index contributed by atoms with van der Waals surface area (Å²) in [6.07, 6.45) is 2.04. The first-order chi connectivity index (χ1) is 16.7. The van der Waals surface area contributed by atoms with Gasteiger partial charge in [0, 0.05) is 13.1 Å². The van der Waals surface area contributed by atoms with E-state index in [2.05, 4.69) is 60.4 Å². The van der Waals surface area contributed by atoms with Crippen LogP contribution in [0.25, 0.3) is 0 Å². The molecule has 3 aromatic carbocycles. The standard InChI is InChI=1S/C30H37NO3/c1-2-3-19-27(32)29-30(34-23-26-17-11-6-12-18-26)28(33-22-25-15-9-5-10-16-25)21-31(29)20-24-13-7-4-8-14-24/h4-18,27-30,32H,2-3,19-23H2,1H3/t27?,28-,29?,30+/m1/s1. The number of nitrogens with zero attached hydrogens (tertiary/aromatic N) is 1. The van der Waals surface area contributed by atoms with Crippen molar-refractivity contribution in [3.63, 3.8) is 0 Å². The van der Waals surface area contributed by atoms with Crippen LogP contribution in [0, 0.1) is 0 Å². The summed E-state index contributed by atoms with van der Waals surface area (Å²) in [5.41, 5.74) is 3.52. The van der Waals surface area contributed by atoms with Crippen molar-refractivity contribution in [2.24, 2.45) is 0 Å². The molecule has 34 heavy (non-hydrogen) atoms. The van der Waals surface area contributed by atoms with Gasteiger partial charge in [0.1, 0.15) is 6.10 Å². The Morgan fingerprint density at radius 2 is 1.32 bits per heavy atom. The summed E-state index contributed by atoms with van der Waals surface area (Å²) in [6.45, 7) is 4.71. The number of ether oxygens (including phenoxy) is 2. The van der Waals surface area contributed by atoms with Crippen molar-refractivity contribution in [3.05, 3.63) is 108 Å². The molecule has 1 N–H and O–H groups in total. The van der Waals surface area contributed by atoms with Gasteiger partial charge in [-0.25, -0.2) is 0 Å². The fourth-order valence-electron chi connectivity index (χ4n) is 4.82. The normalized spacial score (nSPS) is 21.5. The Morgan fingerprint density at radius 3 is 1.88 bits per heavy atom. The van der Waals surface area contributed by atoms with Crippen molar-refractivity contribution in [3.8, 4) is 0 Å². The number of unbranched alkanes of at least 4 members (excludes halogenated alkanes) is 1. The maximum atomic E-state index is 11.3. The van der Waals surface area contributed by atoms with Gasteiger partial charge in [0.2, 0.25) is 0 Å². The molecule has 1 fully saturated rings. The molecule has 180 valence electrons. The van der Waals surface area contributed by atoms with Gasteiger partial charge in [-0.3, -0.25) is 4.90 Å². The summed E-state index contributed by atoms with van der Waals surface area (Å²) in [5.74, 6) is 0. The third kappa shape index (κ3) is 6.77. The van der Waals surface area contributed by atoms with E-state index in [9.17, 15) is 5.11 Å². The van der Waals surface area contributed by atoms with Gasteiger partial charge in [-0.2, -0.15) is 0 Å². The minimum absolute atomic E-state index is 0.115. The highest BCUT2D eigenvalue weighted by Crippen LogP contribution is 2.31. The lowest BCUT2D eigenvalue weighted by Gasteiger charge is -2.32. The molecule has 1 saturated heterocycles. The maximum absolute atomic E-state index is 11.3. The molecule has 1 heterocycles. The molecule has 0 bridgehead atoms. The van der Waals surface area contributed by atoms with Gasteiger partial charge in [0.15, 0.2) is 0 Å². The Hall–Kier alpha value is -2.50. The van der Waals surface area contributed by atoms with Gasteiger partial charge < -0.3 is 14.6 Å². The number of hydrogen-bond donors (Lipinski definition) is 1. The van der Waals surface area contributed by atoms with Gasteiger partial charge >= 0.3 is 0 Å². The summed E-state index contributed by atoms with van der Waals surface area (Å²) in [7, 11) is 0. The molecule has 4 heteroatoms. The van der Waals surface area contributed by atoms with Gasteiger partial charge in [0.25, 0.3) is 0 Å². The van der Waals surface area contributed by atoms with E-state index in [1.165, 1.54) is 5.56 Å². The lowest BCUT2D eigenvalue weighted by molar-refractivity contribution is -0.0889. The average Bonchev–Trinajstić information content (AvgIpc) is 3.23. The minimum Gasteiger partial charge on any atom is -0.391 e. The quantitative estimate of drug-likeness (QED) is 0.383. The molecule has 0 radical (unpaired) electrons. The highest BCUT2D eigenvalue weighted by Gasteiger charge is 2.46. The van der Waals surface area contributed by atoms with Crippen molar-refractivity contribution in [2.75, 3.05) is 6.54 Å². The van der Waals surface area contributed by atoms with E-state index < -0.39 is 6.10 Å². The van der Waals surface area contributed by atoms with Crippen LogP contribution in [0.1, 0.15) is 42.9 Å². The topological polar surface area (TPSA) is 41.9 Å². The summed E-state index contributed by atoms with van der Waals surface area (Å²) < 4.78 is 13.0. The molecular formula is C30H37NO3. The zero-order valence-electron chi connectivity index (χ0n) is 20.1. The van der Waals surface area contributed by atoms with Crippen LogP contribution in [0.4, 0.5) is 0 Å². The highest BCUT2D eigenvalue weighted by atomic mass is 16.5. The summed E-state index contributed by atoms with van der Waals surface area (Å²) >= 11 is 0. The summed E-state index contributed by atoms with van der Waals surface area (Å²) in [6, 6.07) is 30.9. The van der Waals surface area contributed by atoms with E-state index in [0.29, 0.717) is 13.2 Å². The van der Waals surface area contributed by atoms with Crippen LogP contribution in [-0.4, -0.2) is 40.9 Å². The maximum Gasteiger partial charge on any atom is 0.103 e. The van der Waals surface area contributed by atoms with Gasteiger partial charge in [-0.1, -0.05) is 111 Å². The van der Waals surface area contributed by atoms with E-state index in [4.69, 9.17) is 9.47 Å². The zero-order chi connectivity index (χ0) is 23.6. The van der Waals surface area contributed by atoms with Crippen LogP contribution >= 0.6 is 0 Å². The van der Waals surface area contributed by atoms with Crippen molar-refractivity contribution in [2.45, 2.75) is 70.3 Å². The molecule has 0 aromatic heterocycles. The summed E-state index contributed by atoms with van der Waals surface area (Å²) in [4.78, 5) is 2.36. The van der Waals surface area contributed by atoms with Crippen molar-refractivity contribution >= 4 is 0 Å². The number of aliphatic hydroxyl groups is 1. The smallest absolute Gasteiger partial charge is 0.103 e. The second-order valence-electron chi connectivity index (χ2n) is 9.21. The lowest BCUT2D eigenvalue weighted by atomic mass is 9.99. The van der Waals surface area contributed by atoms with E-state index >= 15 is 0 Å². The summed E-state index contributed by atoms with van der Waals surface area (Å²) in [5, 5.41) is 11.3. The second kappa shape index (κ2) is 12.8. The van der Waals surface area contributed by atoms with Crippen LogP contribution in [0.3, 0.4) is 0 Å². The Bertz CT molecular complexity index is 951. The molecule has 4 nitrogen and oxygen atoms in total. The molecule has 1 aliphatic rings. The first kappa shape index (κ1) is 24.6. The molecule has 3 aromatic rings. The van der Waals surface area contributed by atoms with Crippen LogP contribution < -0.4 is 0 Å². The first-order valence-corrected chi connectivity index (χ1v) is 12.5. The Labute approximate surface area is 204 Å². The van der Waals surface area contributed by atoms with E-state index in [-0.39, 0.29) is 18.2 Å². The fourth-order valence-corrected chi connectivity index (χ4v) is 4.82. The Morgan fingerprint density at radius 1 is 0.794 bits per heavy atom. The van der Waals surface area contributed by atoms with Crippen LogP contribution in [-0.2, 0) is 29.2 Å². The number of benzene rings is 3. The van der Waals surface area contributed by atoms with E-state index in [1.54, 1.807) is 0 Å². The molecule has 4 atom stereocenters. The number of likely N-dealkylation sites (tertiary alicyclic amines) is 1. The molecule has 1 aliphatic heterocycles. The minimum atomic E-state index is -0.463. The molecule has 2 unspecified atom stereocenters. The fraction of sp³-hybridized carbons (Fsp3) is 0.400. The molecule has 4 rings (SSSR count). The largest absolute Gasteiger partial charge is 0.391 e. The molecule has 0 spiro atoms. The number of rotatable bonds is 12. The SMILES string of the molecule is CCCCC(O)C1[C@@H](OCc2ccccc2)[C@H](OCc2ccccc2)CN1Cc1ccccc1. The van der Waals surface area contributed by atoms with Gasteiger partial charge in [-0.05, 0) is 23.1 Å². The van der Waals surface area contributed by atoms with Crippen molar-refractivity contribution in [1.29, 1.82) is 0 Å². The zero-order valence-corrected chi connectivity index (χ0v) is 20.1. The van der Waals surface area contributed by atoms with Crippen LogP contribution in [0.5, 0.6) is 0 Å². The monoisotopic (exact) mass is 459 g/mol. The highest BCUT2D eigenvalue weighted by molar-refractivity contribution is 5.17. The van der Waals surface area contributed by atoms with E-state index in [1.807, 2.05) is 42.5 Å². The van der Waals surface area contributed by atoms with Crippen molar-refractivity contribution < 1.29 is 14.6 Å². The van der Waals surface area contributed by atoms with E-state index in [0.717, 1.165) is 43.5 Å². The van der Waals surface area contributed by atoms with Gasteiger partial charge in [-0.15, -0.1) is 0 Å². The lowest BCUT2D eigenvalue weighted by Crippen LogP contribution is -2.46.